The van der Waals surface area contributed by atoms with Crippen LogP contribution in [0.3, 0.4) is 0 Å². The molecule has 0 spiro atoms. The third-order valence-electron chi connectivity index (χ3n) is 3.42. The zero-order chi connectivity index (χ0) is 23.3. The Morgan fingerprint density at radius 3 is 1.23 bits per heavy atom. The molecule has 0 saturated heterocycles. The summed E-state index contributed by atoms with van der Waals surface area (Å²) in [5.74, 6) is 0. The van der Waals surface area contributed by atoms with Gasteiger partial charge in [-0.25, -0.2) is 0 Å². The molecular weight excluding hydrogens is 472 g/mol. The van der Waals surface area contributed by atoms with Gasteiger partial charge in [0.05, 0.1) is 9.79 Å². The number of hydrogen-bond donors (Lipinski definition) is 4. The molecule has 0 bridgehead atoms. The summed E-state index contributed by atoms with van der Waals surface area (Å²) in [5, 5.41) is 0. The molecule has 0 fully saturated rings. The Bertz CT molecular complexity index is 1000. The third kappa shape index (κ3) is 9.32. The predicted octanol–water partition coefficient (Wildman–Crippen LogP) is 2.46. The van der Waals surface area contributed by atoms with E-state index < -0.39 is 18.3 Å². The van der Waals surface area contributed by atoms with E-state index in [-0.39, 0.29) is 0 Å². The van der Waals surface area contributed by atoms with Crippen LogP contribution in [0, 0.1) is 0 Å². The molecule has 0 amide bonds. The number of nitrogens with two attached hydrogens (primary N) is 2. The maximum absolute atomic E-state index is 10.7. The van der Waals surface area contributed by atoms with Gasteiger partial charge in [0, 0.05) is 72.5 Å². The van der Waals surface area contributed by atoms with Gasteiger partial charge in [0.25, 0.3) is 0 Å². The first-order valence-corrected chi connectivity index (χ1v) is 13.6. The molecule has 0 aliphatic rings. The highest BCUT2D eigenvalue weighted by Crippen LogP contribution is 2.33. The Hall–Kier alpha value is -1.84. The highest BCUT2D eigenvalue weighted by Gasteiger charge is 2.13. The standard InChI is InChI=1S/2C8H12N2O3S2/c2*1-10(2)6-3-4-7(9)8(5-6)14-15(11,12)13/h2*3-5H,9H2,1-2H3,(H,11,12,13). The van der Waals surface area contributed by atoms with E-state index in [9.17, 15) is 16.8 Å². The lowest BCUT2D eigenvalue weighted by atomic mass is 10.3. The summed E-state index contributed by atoms with van der Waals surface area (Å²) in [5.41, 5.74) is 13.4. The number of nitrogens with zero attached hydrogens (tertiary/aromatic N) is 2. The molecule has 168 valence electrons. The number of rotatable bonds is 6. The van der Waals surface area contributed by atoms with Gasteiger partial charge in [-0.3, -0.25) is 9.11 Å². The Morgan fingerprint density at radius 2 is 1.00 bits per heavy atom. The molecule has 0 radical (unpaired) electrons. The first-order valence-electron chi connectivity index (χ1n) is 8.06. The van der Waals surface area contributed by atoms with Crippen molar-refractivity contribution in [3.8, 4) is 0 Å². The smallest absolute Gasteiger partial charge is 0.324 e. The quantitative estimate of drug-likeness (QED) is 0.262. The Labute approximate surface area is 183 Å². The summed E-state index contributed by atoms with van der Waals surface area (Å²) in [4.78, 5) is 4.27. The number of anilines is 4. The lowest BCUT2D eigenvalue weighted by molar-refractivity contribution is 0.500. The molecule has 0 aliphatic carbocycles. The topological polar surface area (TPSA) is 167 Å². The van der Waals surface area contributed by atoms with Gasteiger partial charge in [-0.15, -0.1) is 0 Å². The van der Waals surface area contributed by atoms with Gasteiger partial charge in [-0.1, -0.05) is 0 Å². The fraction of sp³-hybridized carbons (Fsp3) is 0.250. The number of nitrogen functional groups attached to an aromatic ring is 2. The molecule has 2 aromatic carbocycles. The fourth-order valence-electron chi connectivity index (χ4n) is 1.97. The normalized spacial score (nSPS) is 11.4. The minimum Gasteiger partial charge on any atom is -0.398 e. The van der Waals surface area contributed by atoms with Crippen molar-refractivity contribution in [3.05, 3.63) is 36.4 Å². The van der Waals surface area contributed by atoms with Crippen molar-refractivity contribution in [1.82, 2.24) is 0 Å². The van der Waals surface area contributed by atoms with E-state index in [1.807, 2.05) is 38.0 Å². The van der Waals surface area contributed by atoms with Crippen LogP contribution in [-0.2, 0) is 18.3 Å². The second-order valence-corrected chi connectivity index (χ2v) is 12.7. The Balaban J connectivity index is 0.000000300. The van der Waals surface area contributed by atoms with Crippen molar-refractivity contribution in [2.24, 2.45) is 0 Å². The second kappa shape index (κ2) is 10.5. The molecule has 0 aromatic heterocycles. The van der Waals surface area contributed by atoms with Crippen LogP contribution >= 0.6 is 21.6 Å². The summed E-state index contributed by atoms with van der Waals surface area (Å²) in [6.07, 6.45) is 0. The lowest BCUT2D eigenvalue weighted by Crippen LogP contribution is -2.09. The molecule has 0 unspecified atom stereocenters. The molecule has 10 nitrogen and oxygen atoms in total. The minimum absolute atomic E-state index is 0.322. The van der Waals surface area contributed by atoms with Crippen LogP contribution in [0.5, 0.6) is 0 Å². The van der Waals surface area contributed by atoms with Gasteiger partial charge in [0.1, 0.15) is 0 Å². The summed E-state index contributed by atoms with van der Waals surface area (Å²) < 4.78 is 60.1. The van der Waals surface area contributed by atoms with Crippen LogP contribution in [0.25, 0.3) is 0 Å². The van der Waals surface area contributed by atoms with E-state index in [0.29, 0.717) is 42.8 Å². The maximum atomic E-state index is 10.7. The van der Waals surface area contributed by atoms with E-state index in [4.69, 9.17) is 20.6 Å². The highest BCUT2D eigenvalue weighted by molar-refractivity contribution is 8.70. The Kier molecular flexibility index (Phi) is 9.13. The van der Waals surface area contributed by atoms with Gasteiger partial charge in [-0.2, -0.15) is 16.8 Å². The number of benzene rings is 2. The molecule has 0 heterocycles. The summed E-state index contributed by atoms with van der Waals surface area (Å²) in [6.45, 7) is 0. The van der Waals surface area contributed by atoms with E-state index in [0.717, 1.165) is 11.4 Å². The van der Waals surface area contributed by atoms with E-state index >= 15 is 0 Å². The zero-order valence-electron chi connectivity index (χ0n) is 16.7. The molecule has 6 N–H and O–H groups in total. The van der Waals surface area contributed by atoms with Crippen LogP contribution in [0.4, 0.5) is 22.7 Å². The van der Waals surface area contributed by atoms with Gasteiger partial charge in [0.2, 0.25) is 0 Å². The average molecular weight is 497 g/mol. The zero-order valence-corrected chi connectivity index (χ0v) is 19.9. The van der Waals surface area contributed by atoms with Crippen LogP contribution < -0.4 is 21.3 Å². The van der Waals surface area contributed by atoms with E-state index in [1.54, 1.807) is 36.4 Å². The van der Waals surface area contributed by atoms with E-state index in [2.05, 4.69) is 0 Å². The molecule has 30 heavy (non-hydrogen) atoms. The summed E-state index contributed by atoms with van der Waals surface area (Å²) in [7, 11) is -0.271. The van der Waals surface area contributed by atoms with Crippen molar-refractivity contribution >= 4 is 62.6 Å². The number of hydrogen-bond acceptors (Lipinski definition) is 10. The monoisotopic (exact) mass is 496 g/mol. The van der Waals surface area contributed by atoms with Crippen LogP contribution in [0.2, 0.25) is 0 Å². The van der Waals surface area contributed by atoms with Crippen molar-refractivity contribution in [3.63, 3.8) is 0 Å². The van der Waals surface area contributed by atoms with Crippen molar-refractivity contribution in [1.29, 1.82) is 0 Å². The predicted molar refractivity (Wildman–Crippen MR) is 125 cm³/mol. The summed E-state index contributed by atoms with van der Waals surface area (Å²) >= 11 is 0. The highest BCUT2D eigenvalue weighted by atomic mass is 33.2. The fourth-order valence-corrected chi connectivity index (χ4v) is 5.32. The molecule has 14 heteroatoms. The molecular formula is C16H24N4O6S4. The molecule has 0 atom stereocenters. The Morgan fingerprint density at radius 1 is 0.700 bits per heavy atom. The van der Waals surface area contributed by atoms with Gasteiger partial charge < -0.3 is 21.3 Å². The third-order valence-corrected chi connectivity index (χ3v) is 7.25. The van der Waals surface area contributed by atoms with Crippen molar-refractivity contribution in [2.45, 2.75) is 9.79 Å². The minimum atomic E-state index is -4.12. The first kappa shape index (κ1) is 26.2. The van der Waals surface area contributed by atoms with E-state index in [1.165, 1.54) is 0 Å². The SMILES string of the molecule is CN(C)c1ccc(N)c(SS(=O)(=O)O)c1.CN(C)c1ccc(N)c(SS(=O)(=O)O)c1. The van der Waals surface area contributed by atoms with Crippen molar-refractivity contribution < 1.29 is 25.9 Å². The second-order valence-electron chi connectivity index (χ2n) is 6.26. The van der Waals surface area contributed by atoms with Crippen LogP contribution in [-0.4, -0.2) is 54.1 Å². The largest absolute Gasteiger partial charge is 0.398 e. The summed E-state index contributed by atoms with van der Waals surface area (Å²) in [6, 6.07) is 9.94. The van der Waals surface area contributed by atoms with Crippen LogP contribution in [0.15, 0.2) is 46.2 Å². The maximum Gasteiger partial charge on any atom is 0.324 e. The average Bonchev–Trinajstić information content (AvgIpc) is 2.56. The molecule has 2 rings (SSSR count). The van der Waals surface area contributed by atoms with Gasteiger partial charge in [0.15, 0.2) is 0 Å². The first-order chi connectivity index (χ1) is 13.6. The van der Waals surface area contributed by atoms with Gasteiger partial charge >= 0.3 is 18.3 Å². The van der Waals surface area contributed by atoms with Gasteiger partial charge in [-0.05, 0) is 36.4 Å². The molecule has 2 aromatic rings. The lowest BCUT2D eigenvalue weighted by Gasteiger charge is -2.14. The van der Waals surface area contributed by atoms with Crippen molar-refractivity contribution in [2.75, 3.05) is 49.5 Å². The molecule has 0 saturated carbocycles. The molecule has 0 aliphatic heterocycles. The van der Waals surface area contributed by atoms with Crippen LogP contribution in [0.1, 0.15) is 0 Å².